The number of para-hydroxylation sites is 4. The molecule has 8 heteroatoms. The molecular weight excluding hydrogens is 1050 g/mol. The van der Waals surface area contributed by atoms with Crippen molar-refractivity contribution in [1.82, 2.24) is 0 Å². The molecule has 0 aliphatic carbocycles. The quantitative estimate of drug-likeness (QED) is 0.0798. The van der Waals surface area contributed by atoms with E-state index in [1.165, 1.54) is 0 Å². The molecule has 0 N–H and O–H groups in total. The van der Waals surface area contributed by atoms with Gasteiger partial charge >= 0.3 is 0 Å². The minimum absolute atomic E-state index is 0.536. The summed E-state index contributed by atoms with van der Waals surface area (Å²) in [6.07, 6.45) is 0. The highest BCUT2D eigenvalue weighted by molar-refractivity contribution is 6.23. The smallest absolute Gasteiger partial charge is 0.187 e. The van der Waals surface area contributed by atoms with E-state index in [2.05, 4.69) is 223 Å². The molecule has 13 aromatic rings. The SMILES string of the molecule is [C-]#[N+]c1ccc(N(c2ccc([N+]#[C-])cc2)c2ccc3c(-c4ccc(N(c5ccccc5)c5ccccc5)cc4)c4cc(N(c5ccc(C#N)cc5)c5ccc(C#N)cc5)ccc4c(-c4ccc(N(c5ccccc5)c5ccccc5)cc4)c3c2)cc1. The van der Waals surface area contributed by atoms with Crippen molar-refractivity contribution in [2.45, 2.75) is 0 Å². The van der Waals surface area contributed by atoms with Gasteiger partial charge in [0.15, 0.2) is 11.4 Å². The van der Waals surface area contributed by atoms with Crippen molar-refractivity contribution in [3.05, 3.63) is 337 Å². The minimum atomic E-state index is 0.536. The van der Waals surface area contributed by atoms with E-state index < -0.39 is 0 Å². The molecule has 0 atom stereocenters. The van der Waals surface area contributed by atoms with Crippen LogP contribution < -0.4 is 19.6 Å². The highest BCUT2D eigenvalue weighted by Crippen LogP contribution is 2.50. The van der Waals surface area contributed by atoms with Crippen molar-refractivity contribution >= 4 is 101 Å². The van der Waals surface area contributed by atoms with Gasteiger partial charge in [-0.05, 0) is 214 Å². The molecule has 0 unspecified atom stereocenters. The Morgan fingerprint density at radius 3 is 0.744 bits per heavy atom. The van der Waals surface area contributed by atoms with Gasteiger partial charge in [0.1, 0.15) is 0 Å². The summed E-state index contributed by atoms with van der Waals surface area (Å²) in [5.74, 6) is 0. The third kappa shape index (κ3) is 10.3. The van der Waals surface area contributed by atoms with E-state index in [0.717, 1.165) is 112 Å². The number of anilines is 12. The van der Waals surface area contributed by atoms with Crippen LogP contribution in [0.15, 0.2) is 303 Å². The first-order valence-corrected chi connectivity index (χ1v) is 28.1. The first kappa shape index (κ1) is 52.9. The minimum Gasteiger partial charge on any atom is -0.311 e. The lowest BCUT2D eigenvalue weighted by molar-refractivity contribution is 1.28. The van der Waals surface area contributed by atoms with Crippen molar-refractivity contribution in [1.29, 1.82) is 10.5 Å². The van der Waals surface area contributed by atoms with E-state index in [0.29, 0.717) is 22.5 Å². The number of nitriles is 2. The maximum absolute atomic E-state index is 9.91. The molecule has 0 aliphatic heterocycles. The number of hydrogen-bond donors (Lipinski definition) is 0. The number of rotatable bonds is 14. The summed E-state index contributed by atoms with van der Waals surface area (Å²) in [5.41, 5.74) is 17.5. The first-order chi connectivity index (χ1) is 42.5. The number of hydrogen-bond acceptors (Lipinski definition) is 6. The fourth-order valence-corrected chi connectivity index (χ4v) is 11.5. The van der Waals surface area contributed by atoms with Crippen LogP contribution in [-0.4, -0.2) is 0 Å². The van der Waals surface area contributed by atoms with Gasteiger partial charge in [0, 0.05) is 68.2 Å². The summed E-state index contributed by atoms with van der Waals surface area (Å²) in [5, 5.41) is 23.9. The molecule has 0 fully saturated rings. The molecule has 86 heavy (non-hydrogen) atoms. The standard InChI is InChI=1S/C78H50N8/c1-81-59-31-43-69(44-32-59)86(70-45-33-60(82-2)34-46-70)72-48-50-74-76(52-72)78(58-29-41-68(42-30-58)84(63-19-11-5-12-20-63)64-21-13-6-14-22-64)73-49-47-71(85(65-35-23-55(53-79)24-36-65)66-37-25-56(54-80)26-38-66)51-75(73)77(74)57-27-39-67(40-28-57)83(61-15-7-3-8-16-61)62-17-9-4-10-18-62/h3-52H. The maximum Gasteiger partial charge on any atom is 0.187 e. The predicted molar refractivity (Wildman–Crippen MR) is 353 cm³/mol. The Bertz CT molecular complexity index is 4240. The molecule has 0 aliphatic rings. The summed E-state index contributed by atoms with van der Waals surface area (Å²) in [6, 6.07) is 108. The Kier molecular flexibility index (Phi) is 14.5. The molecule has 0 radical (unpaired) electrons. The van der Waals surface area contributed by atoms with Crippen LogP contribution in [0, 0.1) is 35.8 Å². The molecular formula is C78H50N8. The molecule has 0 saturated heterocycles. The van der Waals surface area contributed by atoms with Crippen LogP contribution >= 0.6 is 0 Å². The molecule has 0 saturated carbocycles. The van der Waals surface area contributed by atoms with Crippen LogP contribution in [0.4, 0.5) is 79.6 Å². The summed E-state index contributed by atoms with van der Waals surface area (Å²) in [6.45, 7) is 15.6. The lowest BCUT2D eigenvalue weighted by atomic mass is 9.85. The zero-order valence-corrected chi connectivity index (χ0v) is 46.4. The van der Waals surface area contributed by atoms with E-state index >= 15 is 0 Å². The number of benzene rings is 13. The molecule has 0 heterocycles. The monoisotopic (exact) mass is 1100 g/mol. The maximum atomic E-state index is 9.91. The average molecular weight is 1100 g/mol. The van der Waals surface area contributed by atoms with Gasteiger partial charge in [-0.2, -0.15) is 10.5 Å². The molecule has 0 spiro atoms. The number of nitrogens with zero attached hydrogens (tertiary/aromatic N) is 8. The van der Waals surface area contributed by atoms with Gasteiger partial charge < -0.3 is 19.6 Å². The van der Waals surface area contributed by atoms with Crippen LogP contribution in [0.25, 0.3) is 53.5 Å². The second-order valence-electron chi connectivity index (χ2n) is 20.6. The van der Waals surface area contributed by atoms with Gasteiger partial charge in [-0.25, -0.2) is 9.69 Å². The first-order valence-electron chi connectivity index (χ1n) is 28.1. The largest absolute Gasteiger partial charge is 0.311 e. The van der Waals surface area contributed by atoms with Crippen LogP contribution in [-0.2, 0) is 0 Å². The van der Waals surface area contributed by atoms with Gasteiger partial charge in [0.05, 0.1) is 36.4 Å². The Balaban J connectivity index is 1.10. The Morgan fingerprint density at radius 1 is 0.244 bits per heavy atom. The van der Waals surface area contributed by atoms with Gasteiger partial charge in [-0.15, -0.1) is 0 Å². The summed E-state index contributed by atoms with van der Waals surface area (Å²) in [7, 11) is 0. The summed E-state index contributed by atoms with van der Waals surface area (Å²) < 4.78 is 0. The van der Waals surface area contributed by atoms with Crippen molar-refractivity contribution in [2.75, 3.05) is 19.6 Å². The predicted octanol–water partition coefficient (Wildman–Crippen LogP) is 22.1. The van der Waals surface area contributed by atoms with E-state index in [4.69, 9.17) is 13.1 Å². The van der Waals surface area contributed by atoms with E-state index in [9.17, 15) is 10.5 Å². The fourth-order valence-electron chi connectivity index (χ4n) is 11.5. The van der Waals surface area contributed by atoms with Crippen molar-refractivity contribution in [3.8, 4) is 34.4 Å². The normalized spacial score (nSPS) is 10.7. The van der Waals surface area contributed by atoms with Crippen LogP contribution in [0.2, 0.25) is 0 Å². The Morgan fingerprint density at radius 2 is 0.477 bits per heavy atom. The van der Waals surface area contributed by atoms with E-state index in [-0.39, 0.29) is 0 Å². The van der Waals surface area contributed by atoms with Crippen LogP contribution in [0.3, 0.4) is 0 Å². The van der Waals surface area contributed by atoms with Gasteiger partial charge in [-0.1, -0.05) is 133 Å². The topological polar surface area (TPSA) is 69.3 Å². The highest BCUT2D eigenvalue weighted by Gasteiger charge is 2.24. The van der Waals surface area contributed by atoms with Gasteiger partial charge in [0.2, 0.25) is 0 Å². The Labute approximate surface area is 500 Å². The fraction of sp³-hybridized carbons (Fsp3) is 0. The summed E-state index contributed by atoms with van der Waals surface area (Å²) in [4.78, 5) is 16.3. The van der Waals surface area contributed by atoms with Gasteiger partial charge in [0.25, 0.3) is 0 Å². The van der Waals surface area contributed by atoms with Crippen molar-refractivity contribution < 1.29 is 0 Å². The van der Waals surface area contributed by atoms with Crippen LogP contribution in [0.5, 0.6) is 0 Å². The molecule has 0 bridgehead atoms. The van der Waals surface area contributed by atoms with Crippen molar-refractivity contribution in [2.24, 2.45) is 0 Å². The number of fused-ring (bicyclic) bond motifs is 2. The zero-order chi connectivity index (χ0) is 58.3. The lowest BCUT2D eigenvalue weighted by Crippen LogP contribution is -2.10. The second-order valence-corrected chi connectivity index (χ2v) is 20.6. The molecule has 0 aromatic heterocycles. The summed E-state index contributed by atoms with van der Waals surface area (Å²) >= 11 is 0. The molecule has 8 nitrogen and oxygen atoms in total. The zero-order valence-electron chi connectivity index (χ0n) is 46.4. The third-order valence-corrected chi connectivity index (χ3v) is 15.5. The average Bonchev–Trinajstić information content (AvgIpc) is 0.851. The van der Waals surface area contributed by atoms with Crippen LogP contribution in [0.1, 0.15) is 11.1 Å². The van der Waals surface area contributed by atoms with Crippen molar-refractivity contribution in [3.63, 3.8) is 0 Å². The highest BCUT2D eigenvalue weighted by atomic mass is 15.2. The second kappa shape index (κ2) is 23.6. The molecule has 402 valence electrons. The van der Waals surface area contributed by atoms with E-state index in [1.807, 2.05) is 121 Å². The Hall–Kier alpha value is -12.5. The van der Waals surface area contributed by atoms with Gasteiger partial charge in [-0.3, -0.25) is 0 Å². The van der Waals surface area contributed by atoms with E-state index in [1.54, 1.807) is 0 Å². The third-order valence-electron chi connectivity index (χ3n) is 15.5. The molecule has 13 rings (SSSR count). The molecule has 0 amide bonds. The lowest BCUT2D eigenvalue weighted by Gasteiger charge is -2.29. The molecule has 13 aromatic carbocycles.